The van der Waals surface area contributed by atoms with Gasteiger partial charge < -0.3 is 5.32 Å². The minimum atomic E-state index is -0.197. The monoisotopic (exact) mass is 283 g/mol. The summed E-state index contributed by atoms with van der Waals surface area (Å²) in [5.41, 5.74) is 2.32. The Morgan fingerprint density at radius 3 is 2.95 bits per heavy atom. The van der Waals surface area contributed by atoms with E-state index in [1.165, 1.54) is 12.4 Å². The summed E-state index contributed by atoms with van der Waals surface area (Å²) < 4.78 is 15.1. The first kappa shape index (κ1) is 13.2. The second-order valence-electron chi connectivity index (χ2n) is 4.65. The van der Waals surface area contributed by atoms with Crippen LogP contribution in [0.3, 0.4) is 0 Å². The van der Waals surface area contributed by atoms with E-state index in [1.807, 2.05) is 18.2 Å². The molecule has 106 valence electrons. The van der Waals surface area contributed by atoms with Gasteiger partial charge in [0.05, 0.1) is 5.69 Å². The molecule has 3 aromatic rings. The molecule has 21 heavy (non-hydrogen) atoms. The maximum Gasteiger partial charge on any atom is 0.178 e. The summed E-state index contributed by atoms with van der Waals surface area (Å²) in [5.74, 6) is 0.458. The third-order valence-electron chi connectivity index (χ3n) is 3.14. The average Bonchev–Trinajstić information content (AvgIpc) is 3.03. The molecule has 0 fully saturated rings. The van der Waals surface area contributed by atoms with Gasteiger partial charge in [-0.15, -0.1) is 0 Å². The second kappa shape index (κ2) is 5.70. The molecule has 0 atom stereocenters. The second-order valence-corrected chi connectivity index (χ2v) is 4.65. The van der Waals surface area contributed by atoms with Crippen LogP contribution >= 0.6 is 0 Å². The van der Waals surface area contributed by atoms with Crippen molar-refractivity contribution in [3.05, 3.63) is 66.1 Å². The van der Waals surface area contributed by atoms with Crippen LogP contribution in [0.5, 0.6) is 0 Å². The molecular weight excluding hydrogens is 269 g/mol. The Morgan fingerprint density at radius 1 is 1.29 bits per heavy atom. The predicted molar refractivity (Wildman–Crippen MR) is 77.6 cm³/mol. The predicted octanol–water partition coefficient (Wildman–Crippen LogP) is 2.72. The van der Waals surface area contributed by atoms with Crippen molar-refractivity contribution in [1.82, 2.24) is 19.7 Å². The molecule has 3 rings (SSSR count). The van der Waals surface area contributed by atoms with Crippen LogP contribution in [0.4, 0.5) is 10.1 Å². The fourth-order valence-electron chi connectivity index (χ4n) is 1.98. The van der Waals surface area contributed by atoms with E-state index in [1.54, 1.807) is 30.2 Å². The van der Waals surface area contributed by atoms with Crippen LogP contribution in [0.15, 0.2) is 49.2 Å². The molecule has 0 aliphatic rings. The van der Waals surface area contributed by atoms with Crippen molar-refractivity contribution in [2.45, 2.75) is 13.5 Å². The van der Waals surface area contributed by atoms with Crippen molar-refractivity contribution in [3.8, 4) is 5.82 Å². The fraction of sp³-hybridized carbons (Fsp3) is 0.133. The Kier molecular flexibility index (Phi) is 3.59. The summed E-state index contributed by atoms with van der Waals surface area (Å²) in [6.07, 6.45) is 4.72. The molecule has 0 radical (unpaired) electrons. The first-order valence-corrected chi connectivity index (χ1v) is 6.53. The van der Waals surface area contributed by atoms with E-state index in [-0.39, 0.29) is 5.82 Å². The Balaban J connectivity index is 1.81. The van der Waals surface area contributed by atoms with Gasteiger partial charge in [0.25, 0.3) is 0 Å². The van der Waals surface area contributed by atoms with Crippen molar-refractivity contribution in [2.75, 3.05) is 5.32 Å². The summed E-state index contributed by atoms with van der Waals surface area (Å²) in [4.78, 5) is 8.20. The average molecular weight is 283 g/mol. The van der Waals surface area contributed by atoms with Gasteiger partial charge in [0.15, 0.2) is 5.82 Å². The summed E-state index contributed by atoms with van der Waals surface area (Å²) in [5, 5.41) is 7.32. The highest BCUT2D eigenvalue weighted by atomic mass is 19.1. The Morgan fingerprint density at radius 2 is 2.19 bits per heavy atom. The standard InChI is InChI=1S/C15H14FN5/c1-11-4-5-12(7-13(11)16)8-19-14-3-2-6-18-15(14)21-10-17-9-20-21/h2-7,9-10,19H,8H2,1H3. The number of halogens is 1. The van der Waals surface area contributed by atoms with Crippen LogP contribution in [0.1, 0.15) is 11.1 Å². The van der Waals surface area contributed by atoms with Crippen molar-refractivity contribution in [2.24, 2.45) is 0 Å². The number of pyridine rings is 1. The van der Waals surface area contributed by atoms with Gasteiger partial charge >= 0.3 is 0 Å². The third-order valence-corrected chi connectivity index (χ3v) is 3.14. The molecule has 0 saturated carbocycles. The number of aromatic nitrogens is 4. The van der Waals surface area contributed by atoms with Crippen LogP contribution < -0.4 is 5.32 Å². The maximum atomic E-state index is 13.5. The topological polar surface area (TPSA) is 55.6 Å². The molecule has 0 amide bonds. The van der Waals surface area contributed by atoms with Crippen molar-refractivity contribution in [1.29, 1.82) is 0 Å². The number of benzene rings is 1. The molecular formula is C15H14FN5. The number of hydrogen-bond acceptors (Lipinski definition) is 4. The van der Waals surface area contributed by atoms with E-state index in [0.717, 1.165) is 11.3 Å². The molecule has 1 aromatic carbocycles. The van der Waals surface area contributed by atoms with E-state index in [0.29, 0.717) is 17.9 Å². The molecule has 0 aliphatic heterocycles. The largest absolute Gasteiger partial charge is 0.378 e. The van der Waals surface area contributed by atoms with Gasteiger partial charge in [-0.2, -0.15) is 5.10 Å². The van der Waals surface area contributed by atoms with Crippen LogP contribution in [-0.2, 0) is 6.54 Å². The minimum absolute atomic E-state index is 0.197. The van der Waals surface area contributed by atoms with Gasteiger partial charge in [0, 0.05) is 12.7 Å². The lowest BCUT2D eigenvalue weighted by Crippen LogP contribution is -2.06. The lowest BCUT2D eigenvalue weighted by molar-refractivity contribution is 0.616. The van der Waals surface area contributed by atoms with E-state index in [2.05, 4.69) is 20.4 Å². The Hall–Kier alpha value is -2.76. The molecule has 2 aromatic heterocycles. The lowest BCUT2D eigenvalue weighted by atomic mass is 10.1. The smallest absolute Gasteiger partial charge is 0.178 e. The van der Waals surface area contributed by atoms with E-state index in [9.17, 15) is 4.39 Å². The molecule has 0 bridgehead atoms. The van der Waals surface area contributed by atoms with Gasteiger partial charge in [-0.25, -0.2) is 19.0 Å². The van der Waals surface area contributed by atoms with E-state index < -0.39 is 0 Å². The minimum Gasteiger partial charge on any atom is -0.378 e. The van der Waals surface area contributed by atoms with Gasteiger partial charge in [-0.3, -0.25) is 0 Å². The lowest BCUT2D eigenvalue weighted by Gasteiger charge is -2.11. The van der Waals surface area contributed by atoms with Crippen LogP contribution in [0.2, 0.25) is 0 Å². The van der Waals surface area contributed by atoms with Crippen molar-refractivity contribution >= 4 is 5.69 Å². The molecule has 1 N–H and O–H groups in total. The van der Waals surface area contributed by atoms with Crippen molar-refractivity contribution in [3.63, 3.8) is 0 Å². The van der Waals surface area contributed by atoms with Crippen LogP contribution in [0.25, 0.3) is 5.82 Å². The number of rotatable bonds is 4. The maximum absolute atomic E-state index is 13.5. The zero-order valence-corrected chi connectivity index (χ0v) is 11.5. The highest BCUT2D eigenvalue weighted by molar-refractivity contribution is 5.56. The van der Waals surface area contributed by atoms with E-state index >= 15 is 0 Å². The van der Waals surface area contributed by atoms with Gasteiger partial charge in [-0.05, 0) is 36.2 Å². The summed E-state index contributed by atoms with van der Waals surface area (Å²) in [6.45, 7) is 2.25. The molecule has 5 nitrogen and oxygen atoms in total. The Labute approximate surface area is 121 Å². The first-order valence-electron chi connectivity index (χ1n) is 6.53. The number of hydrogen-bond donors (Lipinski definition) is 1. The highest BCUT2D eigenvalue weighted by Gasteiger charge is 2.06. The summed E-state index contributed by atoms with van der Waals surface area (Å²) in [7, 11) is 0. The summed E-state index contributed by atoms with van der Waals surface area (Å²) >= 11 is 0. The van der Waals surface area contributed by atoms with Crippen LogP contribution in [-0.4, -0.2) is 19.7 Å². The fourth-order valence-corrected chi connectivity index (χ4v) is 1.98. The SMILES string of the molecule is Cc1ccc(CNc2cccnc2-n2cncn2)cc1F. The zero-order valence-electron chi connectivity index (χ0n) is 11.5. The molecule has 6 heteroatoms. The number of nitrogens with one attached hydrogen (secondary N) is 1. The normalized spacial score (nSPS) is 10.6. The van der Waals surface area contributed by atoms with E-state index in [4.69, 9.17) is 0 Å². The zero-order chi connectivity index (χ0) is 14.7. The van der Waals surface area contributed by atoms with Gasteiger partial charge in [-0.1, -0.05) is 12.1 Å². The Bertz CT molecular complexity index is 740. The van der Waals surface area contributed by atoms with Crippen LogP contribution in [0, 0.1) is 12.7 Å². The molecule has 2 heterocycles. The summed E-state index contributed by atoms with van der Waals surface area (Å²) in [6, 6.07) is 8.94. The molecule has 0 saturated heterocycles. The highest BCUT2D eigenvalue weighted by Crippen LogP contribution is 2.17. The number of nitrogens with zero attached hydrogens (tertiary/aromatic N) is 4. The van der Waals surface area contributed by atoms with Gasteiger partial charge in [0.2, 0.25) is 0 Å². The number of anilines is 1. The first-order chi connectivity index (χ1) is 10.2. The molecule has 0 aliphatic carbocycles. The molecule has 0 unspecified atom stereocenters. The quantitative estimate of drug-likeness (QED) is 0.800. The van der Waals surface area contributed by atoms with Gasteiger partial charge in [0.1, 0.15) is 18.5 Å². The molecule has 0 spiro atoms. The number of aryl methyl sites for hydroxylation is 1. The third kappa shape index (κ3) is 2.89. The van der Waals surface area contributed by atoms with Crippen molar-refractivity contribution < 1.29 is 4.39 Å².